The highest BCUT2D eigenvalue weighted by Gasteiger charge is 2.19. The lowest BCUT2D eigenvalue weighted by molar-refractivity contribution is -0.129. The predicted molar refractivity (Wildman–Crippen MR) is 58.9 cm³/mol. The lowest BCUT2D eigenvalue weighted by Crippen LogP contribution is -2.34. The average Bonchev–Trinajstić information content (AvgIpc) is 2.19. The molecule has 0 saturated heterocycles. The van der Waals surface area contributed by atoms with Crippen LogP contribution in [0.15, 0.2) is 16.6 Å². The summed E-state index contributed by atoms with van der Waals surface area (Å²) in [5, 5.41) is 0. The maximum absolute atomic E-state index is 13.3. The van der Waals surface area contributed by atoms with E-state index in [1.54, 1.807) is 11.8 Å². The lowest BCUT2D eigenvalue weighted by Gasteiger charge is -2.28. The molecule has 2 rings (SSSR count). The van der Waals surface area contributed by atoms with E-state index in [1.807, 2.05) is 6.07 Å². The van der Waals surface area contributed by atoms with Crippen LogP contribution in [-0.4, -0.2) is 17.4 Å². The summed E-state index contributed by atoms with van der Waals surface area (Å²) in [5.41, 5.74) is 2.04. The molecule has 0 unspecified atom stereocenters. The minimum Gasteiger partial charge on any atom is -0.338 e. The molecule has 4 heteroatoms. The Kier molecular flexibility index (Phi) is 2.78. The molecule has 0 saturated carbocycles. The van der Waals surface area contributed by atoms with E-state index < -0.39 is 0 Å². The Morgan fingerprint density at radius 2 is 2.20 bits per heavy atom. The first-order valence-electron chi connectivity index (χ1n) is 4.80. The maximum atomic E-state index is 13.3. The number of nitrogens with zero attached hydrogens (tertiary/aromatic N) is 1. The molecule has 2 nitrogen and oxygen atoms in total. The summed E-state index contributed by atoms with van der Waals surface area (Å²) in [7, 11) is 0. The number of halogens is 2. The molecule has 0 spiro atoms. The number of fused-ring (bicyclic) bond motifs is 1. The van der Waals surface area contributed by atoms with Gasteiger partial charge in [0.1, 0.15) is 5.82 Å². The van der Waals surface area contributed by atoms with Crippen LogP contribution < -0.4 is 0 Å². The molecule has 1 aromatic rings. The Morgan fingerprint density at radius 3 is 2.87 bits per heavy atom. The second-order valence-electron chi connectivity index (χ2n) is 3.73. The van der Waals surface area contributed by atoms with Crippen molar-refractivity contribution in [2.24, 2.45) is 0 Å². The smallest absolute Gasteiger partial charge is 0.219 e. The molecular weight excluding hydrogens is 261 g/mol. The molecule has 0 aromatic heterocycles. The first-order chi connectivity index (χ1) is 7.08. The monoisotopic (exact) mass is 271 g/mol. The van der Waals surface area contributed by atoms with E-state index in [1.165, 1.54) is 6.07 Å². The van der Waals surface area contributed by atoms with Crippen molar-refractivity contribution >= 4 is 21.8 Å². The number of carbonyl (C=O) groups is 1. The third-order valence-corrected chi connectivity index (χ3v) is 3.31. The van der Waals surface area contributed by atoms with Crippen LogP contribution in [-0.2, 0) is 17.8 Å². The number of benzene rings is 1. The summed E-state index contributed by atoms with van der Waals surface area (Å²) >= 11 is 3.16. The molecule has 0 radical (unpaired) electrons. The van der Waals surface area contributed by atoms with Crippen LogP contribution in [0.3, 0.4) is 0 Å². The van der Waals surface area contributed by atoms with Gasteiger partial charge in [0.05, 0.1) is 4.47 Å². The van der Waals surface area contributed by atoms with Crippen molar-refractivity contribution in [2.75, 3.05) is 6.54 Å². The van der Waals surface area contributed by atoms with Gasteiger partial charge in [0, 0.05) is 20.0 Å². The predicted octanol–water partition coefficient (Wildman–Crippen LogP) is 2.49. The zero-order valence-electron chi connectivity index (χ0n) is 8.39. The van der Waals surface area contributed by atoms with Crippen molar-refractivity contribution in [3.8, 4) is 0 Å². The van der Waals surface area contributed by atoms with Crippen LogP contribution >= 0.6 is 15.9 Å². The second-order valence-corrected chi connectivity index (χ2v) is 4.58. The summed E-state index contributed by atoms with van der Waals surface area (Å²) in [6, 6.07) is 3.32. The highest BCUT2D eigenvalue weighted by molar-refractivity contribution is 9.10. The van der Waals surface area contributed by atoms with Crippen LogP contribution in [0, 0.1) is 5.82 Å². The van der Waals surface area contributed by atoms with E-state index in [4.69, 9.17) is 0 Å². The summed E-state index contributed by atoms with van der Waals surface area (Å²) in [4.78, 5) is 12.9. The van der Waals surface area contributed by atoms with Crippen LogP contribution in [0.25, 0.3) is 0 Å². The summed E-state index contributed by atoms with van der Waals surface area (Å²) in [6.07, 6.45) is 0.799. The van der Waals surface area contributed by atoms with Gasteiger partial charge in [0.25, 0.3) is 0 Å². The molecule has 1 aliphatic rings. The Balaban J connectivity index is 2.34. The normalized spacial score (nSPS) is 15.0. The highest BCUT2D eigenvalue weighted by atomic mass is 79.9. The van der Waals surface area contributed by atoms with Crippen molar-refractivity contribution in [1.82, 2.24) is 4.90 Å². The van der Waals surface area contributed by atoms with Gasteiger partial charge < -0.3 is 4.90 Å². The number of carbonyl (C=O) groups excluding carboxylic acids is 1. The van der Waals surface area contributed by atoms with Gasteiger partial charge in [-0.25, -0.2) is 4.39 Å². The van der Waals surface area contributed by atoms with Gasteiger partial charge in [0.2, 0.25) is 5.91 Å². The van der Waals surface area contributed by atoms with E-state index in [0.29, 0.717) is 11.0 Å². The van der Waals surface area contributed by atoms with Gasteiger partial charge in [-0.05, 0) is 45.6 Å². The van der Waals surface area contributed by atoms with Gasteiger partial charge in [-0.15, -0.1) is 0 Å². The quantitative estimate of drug-likeness (QED) is 0.710. The van der Waals surface area contributed by atoms with Gasteiger partial charge in [-0.2, -0.15) is 0 Å². The Hall–Kier alpha value is -0.900. The number of hydrogen-bond donors (Lipinski definition) is 0. The fourth-order valence-corrected chi connectivity index (χ4v) is 2.21. The largest absolute Gasteiger partial charge is 0.338 e. The zero-order valence-corrected chi connectivity index (χ0v) is 9.97. The van der Waals surface area contributed by atoms with Crippen molar-refractivity contribution in [3.05, 3.63) is 33.5 Å². The summed E-state index contributed by atoms with van der Waals surface area (Å²) in [6.45, 7) is 2.79. The summed E-state index contributed by atoms with van der Waals surface area (Å²) < 4.78 is 13.8. The molecule has 0 fully saturated rings. The first kappa shape index (κ1) is 10.6. The maximum Gasteiger partial charge on any atom is 0.219 e. The first-order valence-corrected chi connectivity index (χ1v) is 5.59. The topological polar surface area (TPSA) is 20.3 Å². The van der Waals surface area contributed by atoms with Gasteiger partial charge >= 0.3 is 0 Å². The van der Waals surface area contributed by atoms with Crippen molar-refractivity contribution in [3.63, 3.8) is 0 Å². The average molecular weight is 272 g/mol. The number of hydrogen-bond acceptors (Lipinski definition) is 1. The fraction of sp³-hybridized carbons (Fsp3) is 0.364. The van der Waals surface area contributed by atoms with Gasteiger partial charge in [0.15, 0.2) is 0 Å². The molecule has 0 bridgehead atoms. The standard InChI is InChI=1S/C11H11BrFNO/c1-7(15)14-3-2-8-4-10(12)11(13)5-9(8)6-14/h4-5H,2-3,6H2,1H3. The Labute approximate surface area is 96.2 Å². The molecule has 15 heavy (non-hydrogen) atoms. The van der Waals surface area contributed by atoms with E-state index in [2.05, 4.69) is 15.9 Å². The number of rotatable bonds is 0. The van der Waals surface area contributed by atoms with Gasteiger partial charge in [-0.3, -0.25) is 4.79 Å². The molecule has 1 amide bonds. The molecule has 1 aliphatic heterocycles. The molecule has 1 heterocycles. The fourth-order valence-electron chi connectivity index (χ4n) is 1.82. The molecule has 1 aromatic carbocycles. The van der Waals surface area contributed by atoms with Crippen molar-refractivity contribution < 1.29 is 9.18 Å². The van der Waals surface area contributed by atoms with Crippen LogP contribution in [0.2, 0.25) is 0 Å². The second kappa shape index (κ2) is 3.93. The minimum atomic E-state index is -0.265. The Bertz CT molecular complexity index is 419. The van der Waals surface area contributed by atoms with E-state index in [0.717, 1.165) is 24.1 Å². The SMILES string of the molecule is CC(=O)N1CCc2cc(Br)c(F)cc2C1. The van der Waals surface area contributed by atoms with E-state index >= 15 is 0 Å². The highest BCUT2D eigenvalue weighted by Crippen LogP contribution is 2.25. The molecule has 0 atom stereocenters. The van der Waals surface area contributed by atoms with E-state index in [9.17, 15) is 9.18 Å². The van der Waals surface area contributed by atoms with Crippen molar-refractivity contribution in [1.29, 1.82) is 0 Å². The zero-order chi connectivity index (χ0) is 11.0. The Morgan fingerprint density at radius 1 is 1.47 bits per heavy atom. The summed E-state index contributed by atoms with van der Waals surface area (Å²) in [5.74, 6) is -0.219. The third-order valence-electron chi connectivity index (χ3n) is 2.70. The molecule has 0 aliphatic carbocycles. The number of amides is 1. The molecule has 0 N–H and O–H groups in total. The minimum absolute atomic E-state index is 0.0453. The van der Waals surface area contributed by atoms with Crippen LogP contribution in [0.4, 0.5) is 4.39 Å². The van der Waals surface area contributed by atoms with Gasteiger partial charge in [-0.1, -0.05) is 0 Å². The molecular formula is C11H11BrFNO. The third kappa shape index (κ3) is 2.04. The van der Waals surface area contributed by atoms with Crippen molar-refractivity contribution in [2.45, 2.75) is 19.9 Å². The lowest BCUT2D eigenvalue weighted by atomic mass is 10.00. The molecule has 80 valence electrons. The van der Waals surface area contributed by atoms with E-state index in [-0.39, 0.29) is 11.7 Å². The van der Waals surface area contributed by atoms with Crippen LogP contribution in [0.5, 0.6) is 0 Å². The van der Waals surface area contributed by atoms with Crippen LogP contribution in [0.1, 0.15) is 18.1 Å².